The molecule has 0 bridgehead atoms. The third-order valence-corrected chi connectivity index (χ3v) is 5.88. The lowest BCUT2D eigenvalue weighted by Crippen LogP contribution is -2.30. The van der Waals surface area contributed by atoms with Gasteiger partial charge >= 0.3 is 11.9 Å². The molecule has 0 heterocycles. The van der Waals surface area contributed by atoms with E-state index >= 15 is 0 Å². The van der Waals surface area contributed by atoms with E-state index in [1.54, 1.807) is 30.3 Å². The van der Waals surface area contributed by atoms with E-state index in [2.05, 4.69) is 19.2 Å². The smallest absolute Gasteiger partial charge is 0.338 e. The summed E-state index contributed by atoms with van der Waals surface area (Å²) in [5, 5.41) is 10.0. The summed E-state index contributed by atoms with van der Waals surface area (Å²) in [5.41, 5.74) is 4.07. The van der Waals surface area contributed by atoms with Crippen LogP contribution in [0.1, 0.15) is 50.5 Å². The number of hydrogen-bond acceptors (Lipinski definition) is 6. The van der Waals surface area contributed by atoms with Crippen molar-refractivity contribution in [3.63, 3.8) is 0 Å². The maximum atomic E-state index is 12.3. The molecule has 0 saturated carbocycles. The highest BCUT2D eigenvalue weighted by Gasteiger charge is 2.25. The molecule has 0 aliphatic rings. The molecule has 0 aromatic heterocycles. The summed E-state index contributed by atoms with van der Waals surface area (Å²) in [4.78, 5) is 36.7. The van der Waals surface area contributed by atoms with E-state index in [1.165, 1.54) is 27.7 Å². The van der Waals surface area contributed by atoms with Crippen LogP contribution in [0.15, 0.2) is 85.0 Å². The molecule has 0 aliphatic heterocycles. The predicted molar refractivity (Wildman–Crippen MR) is 148 cm³/mol. The van der Waals surface area contributed by atoms with Gasteiger partial charge in [-0.2, -0.15) is 0 Å². The molecule has 38 heavy (non-hydrogen) atoms. The van der Waals surface area contributed by atoms with Crippen LogP contribution in [0.3, 0.4) is 0 Å². The predicted octanol–water partition coefficient (Wildman–Crippen LogP) is 6.50. The Morgan fingerprint density at radius 3 is 1.82 bits per heavy atom. The number of ether oxygens (including phenoxy) is 2. The van der Waals surface area contributed by atoms with Gasteiger partial charge in [0, 0.05) is 16.7 Å². The van der Waals surface area contributed by atoms with Crippen LogP contribution in [0.25, 0.3) is 22.3 Å². The molecule has 0 radical (unpaired) electrons. The molecular weight excluding hydrogens is 480 g/mol. The molecule has 3 rings (SSSR count). The summed E-state index contributed by atoms with van der Waals surface area (Å²) in [7, 11) is 0. The first-order chi connectivity index (χ1) is 17.8. The fourth-order valence-electron chi connectivity index (χ4n) is 3.73. The highest BCUT2D eigenvalue weighted by molar-refractivity contribution is 6.02. The van der Waals surface area contributed by atoms with E-state index in [-0.39, 0.29) is 28.4 Å². The highest BCUT2D eigenvalue weighted by atomic mass is 16.6. The standard InChI is InChI=1S/C32H32O6/c1-8-21-17-24(22-9-11-23(12-10-22)29(33)32(6,7)36)13-15-26(21)25-14-16-27(37-30(34)19(2)3)28(18-25)38-31(35)20(4)5/h9-18,36H,2,4,8H2,1,3,5-7H3. The van der Waals surface area contributed by atoms with Gasteiger partial charge in [0.2, 0.25) is 0 Å². The third-order valence-electron chi connectivity index (χ3n) is 5.88. The van der Waals surface area contributed by atoms with E-state index in [4.69, 9.17) is 9.47 Å². The first kappa shape index (κ1) is 28.3. The normalized spacial score (nSPS) is 11.0. The van der Waals surface area contributed by atoms with Gasteiger partial charge in [0.25, 0.3) is 0 Å². The van der Waals surface area contributed by atoms with Crippen LogP contribution < -0.4 is 9.47 Å². The van der Waals surface area contributed by atoms with Crippen LogP contribution >= 0.6 is 0 Å². The first-order valence-corrected chi connectivity index (χ1v) is 12.2. The van der Waals surface area contributed by atoms with Gasteiger partial charge in [0.1, 0.15) is 5.60 Å². The van der Waals surface area contributed by atoms with Gasteiger partial charge in [0.15, 0.2) is 17.3 Å². The number of esters is 2. The molecule has 0 fully saturated rings. The largest absolute Gasteiger partial charge is 0.419 e. The Bertz CT molecular complexity index is 1420. The van der Waals surface area contributed by atoms with E-state index in [9.17, 15) is 19.5 Å². The Hall–Kier alpha value is -4.29. The van der Waals surface area contributed by atoms with Crippen molar-refractivity contribution >= 4 is 17.7 Å². The third kappa shape index (κ3) is 6.52. The average Bonchev–Trinajstić information content (AvgIpc) is 2.88. The number of Topliss-reactive ketones (excluding diaryl/α,β-unsaturated/α-hetero) is 1. The van der Waals surface area contributed by atoms with Gasteiger partial charge < -0.3 is 14.6 Å². The van der Waals surface area contributed by atoms with Crippen LogP contribution in [0.2, 0.25) is 0 Å². The summed E-state index contributed by atoms with van der Waals surface area (Å²) in [5.74, 6) is -1.39. The Morgan fingerprint density at radius 1 is 0.763 bits per heavy atom. The highest BCUT2D eigenvalue weighted by Crippen LogP contribution is 2.36. The summed E-state index contributed by atoms with van der Waals surface area (Å²) < 4.78 is 10.9. The molecule has 6 nitrogen and oxygen atoms in total. The minimum absolute atomic E-state index is 0.100. The van der Waals surface area contributed by atoms with E-state index in [0.29, 0.717) is 5.56 Å². The van der Waals surface area contributed by atoms with Crippen LogP contribution in [0.5, 0.6) is 11.5 Å². The number of carbonyl (C=O) groups is 3. The van der Waals surface area contributed by atoms with Crippen molar-refractivity contribution in [3.05, 3.63) is 96.1 Å². The number of aliphatic hydroxyl groups is 1. The van der Waals surface area contributed by atoms with Crippen LogP contribution in [-0.4, -0.2) is 28.4 Å². The molecule has 196 valence electrons. The van der Waals surface area contributed by atoms with Crippen LogP contribution in [-0.2, 0) is 16.0 Å². The Kier molecular flexibility index (Phi) is 8.49. The van der Waals surface area contributed by atoms with Crippen molar-refractivity contribution in [1.82, 2.24) is 0 Å². The molecule has 0 unspecified atom stereocenters. The molecule has 0 saturated heterocycles. The van der Waals surface area contributed by atoms with Crippen molar-refractivity contribution in [2.24, 2.45) is 0 Å². The Labute approximate surface area is 223 Å². The fraction of sp³-hybridized carbons (Fsp3) is 0.219. The lowest BCUT2D eigenvalue weighted by molar-refractivity contribution is -0.132. The molecule has 0 amide bonds. The van der Waals surface area contributed by atoms with Crippen molar-refractivity contribution in [1.29, 1.82) is 0 Å². The van der Waals surface area contributed by atoms with Crippen molar-refractivity contribution < 1.29 is 29.0 Å². The summed E-state index contributed by atoms with van der Waals surface area (Å²) >= 11 is 0. The zero-order valence-electron chi connectivity index (χ0n) is 22.4. The number of ketones is 1. The monoisotopic (exact) mass is 512 g/mol. The molecular formula is C32H32O6. The summed E-state index contributed by atoms with van der Waals surface area (Å²) in [6.07, 6.45) is 0.728. The van der Waals surface area contributed by atoms with Gasteiger partial charge in [-0.25, -0.2) is 9.59 Å². The van der Waals surface area contributed by atoms with Crippen LogP contribution in [0, 0.1) is 0 Å². The zero-order valence-corrected chi connectivity index (χ0v) is 22.4. The number of benzene rings is 3. The second-order valence-corrected chi connectivity index (χ2v) is 9.69. The minimum atomic E-state index is -1.44. The number of carbonyl (C=O) groups excluding carboxylic acids is 3. The quantitative estimate of drug-likeness (QED) is 0.152. The number of hydrogen-bond donors (Lipinski definition) is 1. The van der Waals surface area contributed by atoms with Gasteiger partial charge in [-0.1, -0.05) is 68.6 Å². The molecule has 0 aliphatic carbocycles. The van der Waals surface area contributed by atoms with E-state index < -0.39 is 17.5 Å². The van der Waals surface area contributed by atoms with Gasteiger partial charge in [-0.15, -0.1) is 0 Å². The summed E-state index contributed by atoms with van der Waals surface area (Å²) in [6.45, 7) is 15.3. The van der Waals surface area contributed by atoms with Crippen molar-refractivity contribution in [2.75, 3.05) is 0 Å². The number of aryl methyl sites for hydroxylation is 1. The topological polar surface area (TPSA) is 89.9 Å². The molecule has 1 N–H and O–H groups in total. The SMILES string of the molecule is C=C(C)C(=O)Oc1ccc(-c2ccc(-c3ccc(C(=O)C(C)(C)O)cc3)cc2CC)cc1OC(=O)C(=C)C. The second-order valence-electron chi connectivity index (χ2n) is 9.69. The second kappa shape index (κ2) is 11.4. The molecule has 0 atom stereocenters. The molecule has 3 aromatic rings. The maximum Gasteiger partial charge on any atom is 0.338 e. The Morgan fingerprint density at radius 2 is 1.29 bits per heavy atom. The van der Waals surface area contributed by atoms with Crippen molar-refractivity contribution in [3.8, 4) is 33.8 Å². The van der Waals surface area contributed by atoms with Crippen LogP contribution in [0.4, 0.5) is 0 Å². The van der Waals surface area contributed by atoms with E-state index in [0.717, 1.165) is 34.2 Å². The minimum Gasteiger partial charge on any atom is -0.419 e. The van der Waals surface area contributed by atoms with Gasteiger partial charge in [-0.3, -0.25) is 4.79 Å². The molecule has 0 spiro atoms. The average molecular weight is 513 g/mol. The first-order valence-electron chi connectivity index (χ1n) is 12.2. The maximum absolute atomic E-state index is 12.3. The zero-order chi connectivity index (χ0) is 28.2. The molecule has 3 aromatic carbocycles. The van der Waals surface area contributed by atoms with Gasteiger partial charge in [-0.05, 0) is 74.1 Å². The van der Waals surface area contributed by atoms with E-state index in [1.807, 2.05) is 31.2 Å². The Balaban J connectivity index is 2.00. The summed E-state index contributed by atoms with van der Waals surface area (Å²) in [6, 6.07) is 18.2. The fourth-order valence-corrected chi connectivity index (χ4v) is 3.73. The lowest BCUT2D eigenvalue weighted by Gasteiger charge is -2.16. The van der Waals surface area contributed by atoms with Crippen molar-refractivity contribution in [2.45, 2.75) is 46.6 Å². The lowest BCUT2D eigenvalue weighted by atomic mass is 9.92. The molecule has 6 heteroatoms. The van der Waals surface area contributed by atoms with Gasteiger partial charge in [0.05, 0.1) is 0 Å². The number of rotatable bonds is 9.